The van der Waals surface area contributed by atoms with Crippen molar-refractivity contribution in [1.29, 1.82) is 0 Å². The topological polar surface area (TPSA) is 77.7 Å². The second-order valence-corrected chi connectivity index (χ2v) is 7.99. The van der Waals surface area contributed by atoms with Gasteiger partial charge in [0.1, 0.15) is 0 Å². The Kier molecular flexibility index (Phi) is 5.80. The van der Waals surface area contributed by atoms with Crippen LogP contribution in [0.1, 0.15) is 29.5 Å². The standard InChI is InChI=1S/C21H23N3O4S/c1-26-17-8-7-14(11-18(17)27-2)20-22-21(28-23-20)15-5-3-9-24(13-15)19(25)12-16-6-4-10-29-16/h4,6-8,10-11,15H,3,5,9,12-13H2,1-2H3/t15-/m1/s1. The average Bonchev–Trinajstić information content (AvgIpc) is 3.45. The van der Waals surface area contributed by atoms with E-state index in [1.54, 1.807) is 25.6 Å². The van der Waals surface area contributed by atoms with Crippen LogP contribution in [0.25, 0.3) is 11.4 Å². The summed E-state index contributed by atoms with van der Waals surface area (Å²) in [6.07, 6.45) is 2.30. The number of methoxy groups -OCH3 is 2. The van der Waals surface area contributed by atoms with Crippen LogP contribution in [-0.2, 0) is 11.2 Å². The number of rotatable bonds is 6. The minimum atomic E-state index is 0.0532. The van der Waals surface area contributed by atoms with Gasteiger partial charge in [0, 0.05) is 23.5 Å². The largest absolute Gasteiger partial charge is 0.493 e. The van der Waals surface area contributed by atoms with Crippen molar-refractivity contribution in [2.75, 3.05) is 27.3 Å². The third-order valence-electron chi connectivity index (χ3n) is 5.11. The predicted octanol–water partition coefficient (Wildman–Crippen LogP) is 3.76. The van der Waals surface area contributed by atoms with Gasteiger partial charge in [0.2, 0.25) is 17.6 Å². The fourth-order valence-corrected chi connectivity index (χ4v) is 4.27. The first kappa shape index (κ1) is 19.4. The summed E-state index contributed by atoms with van der Waals surface area (Å²) in [4.78, 5) is 20.2. The molecule has 0 N–H and O–H groups in total. The van der Waals surface area contributed by atoms with Gasteiger partial charge in [-0.15, -0.1) is 11.3 Å². The number of nitrogens with zero attached hydrogens (tertiary/aromatic N) is 3. The van der Waals surface area contributed by atoms with E-state index < -0.39 is 0 Å². The van der Waals surface area contributed by atoms with Crippen LogP contribution in [0.4, 0.5) is 0 Å². The molecule has 4 rings (SSSR count). The van der Waals surface area contributed by atoms with Crippen molar-refractivity contribution in [2.45, 2.75) is 25.2 Å². The molecule has 0 spiro atoms. The first-order valence-corrected chi connectivity index (χ1v) is 10.4. The fraction of sp³-hybridized carbons (Fsp3) is 0.381. The molecule has 3 heterocycles. The van der Waals surface area contributed by atoms with E-state index in [2.05, 4.69) is 10.1 Å². The van der Waals surface area contributed by atoms with E-state index in [0.29, 0.717) is 36.2 Å². The van der Waals surface area contributed by atoms with Gasteiger partial charge in [-0.2, -0.15) is 4.98 Å². The molecular formula is C21H23N3O4S. The maximum absolute atomic E-state index is 12.6. The third-order valence-corrected chi connectivity index (χ3v) is 5.99. The minimum absolute atomic E-state index is 0.0532. The zero-order valence-electron chi connectivity index (χ0n) is 16.5. The van der Waals surface area contributed by atoms with Crippen LogP contribution in [0.15, 0.2) is 40.2 Å². The van der Waals surface area contributed by atoms with Gasteiger partial charge in [0.25, 0.3) is 0 Å². The number of carbonyl (C=O) groups is 1. The van der Waals surface area contributed by atoms with E-state index in [4.69, 9.17) is 14.0 Å². The van der Waals surface area contributed by atoms with Crippen LogP contribution < -0.4 is 9.47 Å². The van der Waals surface area contributed by atoms with E-state index in [1.807, 2.05) is 40.6 Å². The van der Waals surface area contributed by atoms with Gasteiger partial charge in [0.05, 0.1) is 26.6 Å². The fourth-order valence-electron chi connectivity index (χ4n) is 3.57. The van der Waals surface area contributed by atoms with E-state index in [9.17, 15) is 4.79 Å². The molecule has 0 saturated carbocycles. The smallest absolute Gasteiger partial charge is 0.231 e. The minimum Gasteiger partial charge on any atom is -0.493 e. The molecule has 7 nitrogen and oxygen atoms in total. The van der Waals surface area contributed by atoms with E-state index >= 15 is 0 Å². The molecule has 1 atom stereocenters. The summed E-state index contributed by atoms with van der Waals surface area (Å²) < 4.78 is 16.2. The van der Waals surface area contributed by atoms with Crippen LogP contribution in [0.2, 0.25) is 0 Å². The number of amides is 1. The van der Waals surface area contributed by atoms with Crippen LogP contribution in [0.3, 0.4) is 0 Å². The summed E-state index contributed by atoms with van der Waals surface area (Å²) in [6.45, 7) is 1.38. The molecule has 1 aromatic carbocycles. The number of hydrogen-bond acceptors (Lipinski definition) is 7. The van der Waals surface area contributed by atoms with Gasteiger partial charge in [-0.1, -0.05) is 11.2 Å². The second-order valence-electron chi connectivity index (χ2n) is 6.96. The highest BCUT2D eigenvalue weighted by Gasteiger charge is 2.29. The van der Waals surface area contributed by atoms with Crippen LogP contribution >= 0.6 is 11.3 Å². The Hall–Kier alpha value is -2.87. The first-order valence-electron chi connectivity index (χ1n) is 9.54. The highest BCUT2D eigenvalue weighted by atomic mass is 32.1. The molecule has 29 heavy (non-hydrogen) atoms. The summed E-state index contributed by atoms with van der Waals surface area (Å²) in [6, 6.07) is 9.48. The van der Waals surface area contributed by atoms with E-state index in [0.717, 1.165) is 29.8 Å². The summed E-state index contributed by atoms with van der Waals surface area (Å²) in [5, 5.41) is 6.13. The highest BCUT2D eigenvalue weighted by molar-refractivity contribution is 7.10. The molecule has 8 heteroatoms. The Morgan fingerprint density at radius 2 is 2.14 bits per heavy atom. The summed E-state index contributed by atoms with van der Waals surface area (Å²) in [5.41, 5.74) is 0.791. The number of aromatic nitrogens is 2. The predicted molar refractivity (Wildman–Crippen MR) is 109 cm³/mol. The van der Waals surface area contributed by atoms with Crippen molar-refractivity contribution in [3.63, 3.8) is 0 Å². The second kappa shape index (κ2) is 8.65. The lowest BCUT2D eigenvalue weighted by Crippen LogP contribution is -2.39. The van der Waals surface area contributed by atoms with Gasteiger partial charge in [0.15, 0.2) is 11.5 Å². The van der Waals surface area contributed by atoms with E-state index in [1.165, 1.54) is 0 Å². The van der Waals surface area contributed by atoms with Crippen LogP contribution in [0.5, 0.6) is 11.5 Å². The monoisotopic (exact) mass is 413 g/mol. The summed E-state index contributed by atoms with van der Waals surface area (Å²) in [5.74, 6) is 2.53. The lowest BCUT2D eigenvalue weighted by Gasteiger charge is -2.31. The Morgan fingerprint density at radius 1 is 1.28 bits per heavy atom. The number of hydrogen-bond donors (Lipinski definition) is 0. The van der Waals surface area contributed by atoms with Crippen molar-refractivity contribution in [2.24, 2.45) is 0 Å². The molecular weight excluding hydrogens is 390 g/mol. The molecule has 1 fully saturated rings. The van der Waals surface area contributed by atoms with Crippen molar-refractivity contribution >= 4 is 17.2 Å². The van der Waals surface area contributed by atoms with E-state index in [-0.39, 0.29) is 11.8 Å². The first-order chi connectivity index (χ1) is 14.2. The van der Waals surface area contributed by atoms with Crippen molar-refractivity contribution in [3.8, 4) is 22.9 Å². The van der Waals surface area contributed by atoms with Crippen molar-refractivity contribution in [1.82, 2.24) is 15.0 Å². The molecule has 0 aliphatic carbocycles. The molecule has 152 valence electrons. The molecule has 1 saturated heterocycles. The van der Waals surface area contributed by atoms with Gasteiger partial charge in [-0.25, -0.2) is 0 Å². The Labute approximate surface area is 173 Å². The number of ether oxygens (including phenoxy) is 2. The molecule has 0 unspecified atom stereocenters. The molecule has 1 aliphatic heterocycles. The maximum Gasteiger partial charge on any atom is 0.231 e. The highest BCUT2D eigenvalue weighted by Crippen LogP contribution is 2.33. The van der Waals surface area contributed by atoms with Gasteiger partial charge in [-0.3, -0.25) is 4.79 Å². The maximum atomic E-state index is 12.6. The number of thiophene rings is 1. The molecule has 1 amide bonds. The molecule has 0 radical (unpaired) electrons. The lowest BCUT2D eigenvalue weighted by molar-refractivity contribution is -0.131. The normalized spacial score (nSPS) is 16.6. The SMILES string of the molecule is COc1ccc(-c2noc([C@@H]3CCCN(C(=O)Cc4cccs4)C3)n2)cc1OC. The van der Waals surface area contributed by atoms with Crippen LogP contribution in [0, 0.1) is 0 Å². The molecule has 3 aromatic rings. The number of piperidine rings is 1. The number of likely N-dealkylation sites (tertiary alicyclic amines) is 1. The zero-order valence-corrected chi connectivity index (χ0v) is 17.3. The van der Waals surface area contributed by atoms with Gasteiger partial charge < -0.3 is 18.9 Å². The summed E-state index contributed by atoms with van der Waals surface area (Å²) >= 11 is 1.61. The van der Waals surface area contributed by atoms with Gasteiger partial charge in [-0.05, 0) is 42.5 Å². The average molecular weight is 413 g/mol. The number of benzene rings is 1. The Morgan fingerprint density at radius 3 is 2.90 bits per heavy atom. The summed E-state index contributed by atoms with van der Waals surface area (Å²) in [7, 11) is 3.19. The van der Waals surface area contributed by atoms with Crippen LogP contribution in [-0.4, -0.2) is 48.3 Å². The molecule has 2 aromatic heterocycles. The Bertz CT molecular complexity index is 970. The Balaban J connectivity index is 1.47. The zero-order chi connectivity index (χ0) is 20.2. The third kappa shape index (κ3) is 4.27. The molecule has 1 aliphatic rings. The molecule has 0 bridgehead atoms. The number of carbonyl (C=O) groups excluding carboxylic acids is 1. The lowest BCUT2D eigenvalue weighted by atomic mass is 9.97. The van der Waals surface area contributed by atoms with Crippen molar-refractivity contribution in [3.05, 3.63) is 46.5 Å². The van der Waals surface area contributed by atoms with Gasteiger partial charge >= 0.3 is 0 Å². The van der Waals surface area contributed by atoms with Crippen molar-refractivity contribution < 1.29 is 18.8 Å². The quantitative estimate of drug-likeness (QED) is 0.612.